The van der Waals surface area contributed by atoms with Crippen molar-refractivity contribution in [2.75, 3.05) is 12.3 Å². The minimum Gasteiger partial charge on any atom is -0.485 e. The summed E-state index contributed by atoms with van der Waals surface area (Å²) in [5.74, 6) is 0.0826. The molecule has 1 unspecified atom stereocenters. The van der Waals surface area contributed by atoms with Crippen LogP contribution < -0.4 is 10.5 Å². The molecule has 0 saturated carbocycles. The van der Waals surface area contributed by atoms with Crippen LogP contribution in [-0.2, 0) is 22.4 Å². The molecule has 5 rings (SSSR count). The predicted molar refractivity (Wildman–Crippen MR) is 139 cm³/mol. The van der Waals surface area contributed by atoms with Gasteiger partial charge in [0.25, 0.3) is 0 Å². The van der Waals surface area contributed by atoms with E-state index in [0.29, 0.717) is 23.7 Å². The van der Waals surface area contributed by atoms with Gasteiger partial charge in [-0.3, -0.25) is 4.79 Å². The van der Waals surface area contributed by atoms with Gasteiger partial charge in [-0.15, -0.1) is 0 Å². The fraction of sp³-hybridized carbons (Fsp3) is 0.267. The van der Waals surface area contributed by atoms with Crippen LogP contribution in [-0.4, -0.2) is 17.6 Å². The number of nitrogens with zero attached hydrogens (tertiary/aromatic N) is 1. The van der Waals surface area contributed by atoms with E-state index in [1.165, 1.54) is 17.7 Å². The van der Waals surface area contributed by atoms with Crippen LogP contribution in [0.2, 0.25) is 0 Å². The summed E-state index contributed by atoms with van der Waals surface area (Å²) in [6.07, 6.45) is 2.24. The molecule has 5 nitrogen and oxygen atoms in total. The lowest BCUT2D eigenvalue weighted by atomic mass is 9.87. The predicted octanol–water partition coefficient (Wildman–Crippen LogP) is 6.43. The zero-order valence-electron chi connectivity index (χ0n) is 20.7. The van der Waals surface area contributed by atoms with Crippen LogP contribution in [0.3, 0.4) is 0 Å². The van der Waals surface area contributed by atoms with Gasteiger partial charge in [0.05, 0.1) is 13.0 Å². The van der Waals surface area contributed by atoms with Crippen LogP contribution in [0.4, 0.5) is 10.2 Å². The van der Waals surface area contributed by atoms with Crippen molar-refractivity contribution in [3.63, 3.8) is 0 Å². The Morgan fingerprint density at radius 2 is 1.86 bits per heavy atom. The van der Waals surface area contributed by atoms with E-state index in [1.54, 1.807) is 19.2 Å². The van der Waals surface area contributed by atoms with Crippen molar-refractivity contribution in [3.05, 3.63) is 89.4 Å². The van der Waals surface area contributed by atoms with Gasteiger partial charge in [0.1, 0.15) is 23.5 Å². The lowest BCUT2D eigenvalue weighted by molar-refractivity contribution is -0.142. The summed E-state index contributed by atoms with van der Waals surface area (Å²) in [6, 6.07) is 18.8. The molecule has 1 aromatic heterocycles. The fourth-order valence-corrected chi connectivity index (χ4v) is 5.06. The van der Waals surface area contributed by atoms with Crippen LogP contribution in [0.25, 0.3) is 21.9 Å². The number of pyridine rings is 1. The Labute approximate surface area is 210 Å². The molecule has 0 radical (unpaired) electrons. The van der Waals surface area contributed by atoms with E-state index >= 15 is 0 Å². The smallest absolute Gasteiger partial charge is 0.310 e. The second-order valence-corrected chi connectivity index (χ2v) is 9.94. The number of nitrogen functional groups attached to an aromatic ring is 1. The maximum Gasteiger partial charge on any atom is 0.310 e. The number of rotatable bonds is 6. The highest BCUT2D eigenvalue weighted by Crippen LogP contribution is 2.49. The molecular formula is C30H29FN2O3. The number of aromatic nitrogens is 1. The summed E-state index contributed by atoms with van der Waals surface area (Å²) in [7, 11) is 0. The number of carbonyl (C=O) groups is 1. The molecule has 6 heteroatoms. The molecule has 184 valence electrons. The van der Waals surface area contributed by atoms with Gasteiger partial charge in [-0.1, -0.05) is 44.2 Å². The van der Waals surface area contributed by atoms with Crippen LogP contribution in [0.5, 0.6) is 5.75 Å². The van der Waals surface area contributed by atoms with Crippen molar-refractivity contribution in [2.24, 2.45) is 5.41 Å². The zero-order valence-corrected chi connectivity index (χ0v) is 20.7. The minimum atomic E-state index is -0.412. The number of fused-ring (bicyclic) bond motifs is 2. The molecule has 0 bridgehead atoms. The first kappa shape index (κ1) is 23.8. The average Bonchev–Trinajstić information content (AvgIpc) is 3.09. The minimum absolute atomic E-state index is 0.0239. The Morgan fingerprint density at radius 3 is 2.67 bits per heavy atom. The molecule has 3 aromatic carbocycles. The molecule has 0 saturated heterocycles. The number of benzene rings is 3. The van der Waals surface area contributed by atoms with E-state index in [0.717, 1.165) is 33.9 Å². The number of anilines is 1. The van der Waals surface area contributed by atoms with E-state index in [-0.39, 0.29) is 23.9 Å². The molecule has 0 fully saturated rings. The number of hydrogen-bond acceptors (Lipinski definition) is 5. The summed E-state index contributed by atoms with van der Waals surface area (Å²) in [6.45, 7) is 6.34. The molecule has 0 aliphatic heterocycles. The summed E-state index contributed by atoms with van der Waals surface area (Å²) < 4.78 is 25.8. The first-order chi connectivity index (χ1) is 17.2. The van der Waals surface area contributed by atoms with Crippen molar-refractivity contribution in [1.29, 1.82) is 0 Å². The Morgan fingerprint density at radius 1 is 1.08 bits per heavy atom. The maximum atomic E-state index is 14.2. The Kier molecular flexibility index (Phi) is 6.12. The van der Waals surface area contributed by atoms with Crippen LogP contribution >= 0.6 is 0 Å². The molecular weight excluding hydrogens is 455 g/mol. The van der Waals surface area contributed by atoms with Gasteiger partial charge < -0.3 is 15.2 Å². The van der Waals surface area contributed by atoms with E-state index in [1.807, 2.05) is 12.1 Å². The highest BCUT2D eigenvalue weighted by Gasteiger charge is 2.41. The summed E-state index contributed by atoms with van der Waals surface area (Å²) in [4.78, 5) is 16.4. The lowest BCUT2D eigenvalue weighted by Crippen LogP contribution is -2.23. The van der Waals surface area contributed by atoms with E-state index in [2.05, 4.69) is 49.2 Å². The normalized spacial score (nSPS) is 16.1. The largest absolute Gasteiger partial charge is 0.485 e. The number of hydrogen-bond donors (Lipinski definition) is 1. The van der Waals surface area contributed by atoms with Gasteiger partial charge in [-0.05, 0) is 65.3 Å². The highest BCUT2D eigenvalue weighted by molar-refractivity contribution is 5.94. The maximum absolute atomic E-state index is 14.2. The topological polar surface area (TPSA) is 74.4 Å². The summed E-state index contributed by atoms with van der Waals surface area (Å²) >= 11 is 0. The third-order valence-electron chi connectivity index (χ3n) is 6.83. The third kappa shape index (κ3) is 4.51. The van der Waals surface area contributed by atoms with Crippen molar-refractivity contribution in [2.45, 2.75) is 39.7 Å². The van der Waals surface area contributed by atoms with Gasteiger partial charge >= 0.3 is 5.97 Å². The lowest BCUT2D eigenvalue weighted by Gasteiger charge is -2.29. The summed E-state index contributed by atoms with van der Waals surface area (Å²) in [5.41, 5.74) is 10.8. The molecule has 0 amide bonds. The van der Waals surface area contributed by atoms with Crippen LogP contribution in [0, 0.1) is 11.2 Å². The average molecular weight is 485 g/mol. The number of ether oxygens (including phenoxy) is 2. The number of carbonyl (C=O) groups excluding carboxylic acids is 1. The quantitative estimate of drug-likeness (QED) is 0.319. The molecule has 1 aliphatic carbocycles. The van der Waals surface area contributed by atoms with Crippen molar-refractivity contribution < 1.29 is 18.7 Å². The number of nitrogens with two attached hydrogens (primary N) is 1. The number of halogens is 1. The third-order valence-corrected chi connectivity index (χ3v) is 6.83. The second kappa shape index (κ2) is 9.26. The Bertz CT molecular complexity index is 1460. The molecule has 4 aromatic rings. The standard InChI is InChI=1S/C30H29FN2O3/c1-4-35-27(34)15-21-9-10-23(31)16-26(21)36-28-24-13-19(7-8-22(24)17-30(28,2)3)20-6-5-18-11-12-33-29(32)25(18)14-20/h5-14,16,28H,4,15,17H2,1-3H3,(H2,32,33). The van der Waals surface area contributed by atoms with Crippen LogP contribution in [0.1, 0.15) is 43.6 Å². The van der Waals surface area contributed by atoms with Gasteiger partial charge in [0.15, 0.2) is 0 Å². The fourth-order valence-electron chi connectivity index (χ4n) is 5.06. The highest BCUT2D eigenvalue weighted by atomic mass is 19.1. The SMILES string of the molecule is CCOC(=O)Cc1ccc(F)cc1OC1c2cc(-c3ccc4ccnc(N)c4c3)ccc2CC1(C)C. The van der Waals surface area contributed by atoms with Gasteiger partial charge in [-0.2, -0.15) is 0 Å². The Hall–Kier alpha value is -3.93. The molecule has 1 aliphatic rings. The molecule has 1 atom stereocenters. The monoisotopic (exact) mass is 484 g/mol. The van der Waals surface area contributed by atoms with E-state index < -0.39 is 5.82 Å². The summed E-state index contributed by atoms with van der Waals surface area (Å²) in [5, 5.41) is 1.95. The van der Waals surface area contributed by atoms with E-state index in [4.69, 9.17) is 15.2 Å². The van der Waals surface area contributed by atoms with Crippen LogP contribution in [0.15, 0.2) is 66.9 Å². The van der Waals surface area contributed by atoms with Crippen molar-refractivity contribution in [3.8, 4) is 16.9 Å². The van der Waals surface area contributed by atoms with E-state index in [9.17, 15) is 9.18 Å². The van der Waals surface area contributed by atoms with Gasteiger partial charge in [0.2, 0.25) is 0 Å². The number of esters is 1. The zero-order chi connectivity index (χ0) is 25.4. The molecule has 36 heavy (non-hydrogen) atoms. The second-order valence-electron chi connectivity index (χ2n) is 9.94. The van der Waals surface area contributed by atoms with Gasteiger partial charge in [0, 0.05) is 28.6 Å². The molecule has 0 spiro atoms. The first-order valence-electron chi connectivity index (χ1n) is 12.1. The first-order valence-corrected chi connectivity index (χ1v) is 12.1. The van der Waals surface area contributed by atoms with Crippen molar-refractivity contribution in [1.82, 2.24) is 4.98 Å². The Balaban J connectivity index is 1.52. The molecule has 1 heterocycles. The molecule has 2 N–H and O–H groups in total. The van der Waals surface area contributed by atoms with Crippen molar-refractivity contribution >= 4 is 22.6 Å². The van der Waals surface area contributed by atoms with Gasteiger partial charge in [-0.25, -0.2) is 9.37 Å².